The van der Waals surface area contributed by atoms with Gasteiger partial charge in [0.15, 0.2) is 12.7 Å². The van der Waals surface area contributed by atoms with Crippen LogP contribution in [0.4, 0.5) is 0 Å². The predicted octanol–water partition coefficient (Wildman–Crippen LogP) is 7.23. The van der Waals surface area contributed by atoms with Crippen LogP contribution in [0.1, 0.15) is 13.8 Å². The normalized spacial score (nSPS) is 13.6. The first-order valence-electron chi connectivity index (χ1n) is 14.8. The van der Waals surface area contributed by atoms with E-state index in [0.717, 1.165) is 57.8 Å². The van der Waals surface area contributed by atoms with Crippen molar-refractivity contribution in [1.82, 2.24) is 0 Å². The third kappa shape index (κ3) is 16.1. The van der Waals surface area contributed by atoms with E-state index in [1.54, 1.807) is 49.1 Å². The summed E-state index contributed by atoms with van der Waals surface area (Å²) in [7, 11) is 0. The van der Waals surface area contributed by atoms with Crippen LogP contribution in [-0.2, 0) is 28.5 Å². The van der Waals surface area contributed by atoms with Crippen LogP contribution < -0.4 is 9.47 Å². The number of carbonyl (C=O) groups excluding carboxylic acids is 2. The maximum atomic E-state index is 12.0. The molecule has 3 unspecified atom stereocenters. The van der Waals surface area contributed by atoms with E-state index < -0.39 is 30.1 Å². The van der Waals surface area contributed by atoms with E-state index in [0.29, 0.717) is 24.7 Å². The average Bonchev–Trinajstić information content (AvgIpc) is 3.06. The van der Waals surface area contributed by atoms with Crippen LogP contribution in [-0.4, -0.2) is 97.0 Å². The molecular formula is C34H46O8S4. The van der Waals surface area contributed by atoms with Gasteiger partial charge in [0.25, 0.3) is 0 Å². The first kappa shape index (κ1) is 40.0. The molecule has 2 aromatic rings. The average molecular weight is 711 g/mol. The number of hydrogen-bond acceptors (Lipinski definition) is 12. The summed E-state index contributed by atoms with van der Waals surface area (Å²) in [5, 5.41) is 0. The molecule has 0 saturated carbocycles. The van der Waals surface area contributed by atoms with Crippen LogP contribution in [0.15, 0.2) is 73.8 Å². The highest BCUT2D eigenvalue weighted by molar-refractivity contribution is 8.03. The van der Waals surface area contributed by atoms with Crippen molar-refractivity contribution in [3.8, 4) is 22.6 Å². The van der Waals surface area contributed by atoms with E-state index in [4.69, 9.17) is 28.4 Å². The van der Waals surface area contributed by atoms with Crippen LogP contribution >= 0.6 is 47.0 Å². The molecule has 0 aliphatic heterocycles. The highest BCUT2D eigenvalue weighted by Gasteiger charge is 2.30. The summed E-state index contributed by atoms with van der Waals surface area (Å²) in [4.78, 5) is 23.7. The molecule has 0 radical (unpaired) electrons. The molecule has 0 saturated heterocycles. The number of ether oxygens (including phenoxy) is 6. The highest BCUT2D eigenvalue weighted by atomic mass is 32.2. The van der Waals surface area contributed by atoms with E-state index in [2.05, 4.69) is 25.7 Å². The predicted molar refractivity (Wildman–Crippen MR) is 196 cm³/mol. The summed E-state index contributed by atoms with van der Waals surface area (Å²) in [5.74, 6) is 4.66. The van der Waals surface area contributed by atoms with Crippen molar-refractivity contribution in [3.05, 3.63) is 73.8 Å². The van der Waals surface area contributed by atoms with E-state index in [9.17, 15) is 9.59 Å². The van der Waals surface area contributed by atoms with Gasteiger partial charge in [0, 0.05) is 53.6 Å². The minimum atomic E-state index is -1.25. The quantitative estimate of drug-likeness (QED) is 0.0451. The fourth-order valence-electron chi connectivity index (χ4n) is 3.75. The minimum absolute atomic E-state index is 0.0215. The second-order valence-electron chi connectivity index (χ2n) is 9.86. The first-order valence-corrected chi connectivity index (χ1v) is 19.9. The number of hydrogen-bond donors (Lipinski definition) is 0. The zero-order chi connectivity index (χ0) is 33.6. The van der Waals surface area contributed by atoms with Gasteiger partial charge in [-0.05, 0) is 54.8 Å². The third-order valence-electron chi connectivity index (χ3n) is 6.14. The third-order valence-corrected chi connectivity index (χ3v) is 9.78. The number of thioether (sulfide) groups is 4. The molecule has 0 N–H and O–H groups in total. The van der Waals surface area contributed by atoms with Crippen LogP contribution in [0, 0.1) is 0 Å². The largest absolute Gasteiger partial charge is 0.487 e. The maximum Gasteiger partial charge on any atom is 0.332 e. The van der Waals surface area contributed by atoms with E-state index >= 15 is 0 Å². The molecule has 3 atom stereocenters. The molecule has 254 valence electrons. The lowest BCUT2D eigenvalue weighted by Crippen LogP contribution is -2.41. The molecule has 0 amide bonds. The molecule has 0 heterocycles. The van der Waals surface area contributed by atoms with Gasteiger partial charge in [-0.2, -0.15) is 47.0 Å². The Bertz CT molecular complexity index is 1180. The Morgan fingerprint density at radius 3 is 1.87 bits per heavy atom. The summed E-state index contributed by atoms with van der Waals surface area (Å²) < 4.78 is 34.8. The zero-order valence-electron chi connectivity index (χ0n) is 27.1. The number of esters is 2. The highest BCUT2D eigenvalue weighted by Crippen LogP contribution is 2.27. The molecule has 0 spiro atoms. The minimum Gasteiger partial charge on any atom is -0.487 e. The standard InChI is InChI=1S/C34H46O8S4/c1-7-31(35)40-26(3)33(37-17-19-45-23-21-43-5)41-30-15-11-28(12-16-30)27-9-13-29(14-10-27)38-25-34(4,42-32(36)8-2)39-18-20-46-24-22-44-6/h7-16,26,33H,1-2,17-25H2,3-6H3. The Balaban J connectivity index is 1.99. The monoisotopic (exact) mass is 710 g/mol. The Labute approximate surface area is 291 Å². The van der Waals surface area contributed by atoms with Gasteiger partial charge in [0.2, 0.25) is 12.1 Å². The van der Waals surface area contributed by atoms with Crippen LogP contribution in [0.25, 0.3) is 11.1 Å². The van der Waals surface area contributed by atoms with Crippen molar-refractivity contribution in [2.45, 2.75) is 32.0 Å². The van der Waals surface area contributed by atoms with Crippen LogP contribution in [0.2, 0.25) is 0 Å². The van der Waals surface area contributed by atoms with Crippen molar-refractivity contribution < 1.29 is 38.0 Å². The fourth-order valence-corrected chi connectivity index (χ4v) is 6.85. The van der Waals surface area contributed by atoms with Gasteiger partial charge in [-0.1, -0.05) is 37.4 Å². The second-order valence-corrected chi connectivity index (χ2v) is 14.3. The van der Waals surface area contributed by atoms with Crippen molar-refractivity contribution in [3.63, 3.8) is 0 Å². The number of rotatable bonds is 25. The summed E-state index contributed by atoms with van der Waals surface area (Å²) in [6.07, 6.45) is 4.99. The Kier molecular flexibility index (Phi) is 20.1. The topological polar surface area (TPSA) is 89.5 Å². The molecule has 2 aromatic carbocycles. The zero-order valence-corrected chi connectivity index (χ0v) is 30.4. The van der Waals surface area contributed by atoms with Gasteiger partial charge in [-0.15, -0.1) is 0 Å². The number of benzene rings is 2. The fraction of sp³-hybridized carbons (Fsp3) is 0.471. The van der Waals surface area contributed by atoms with E-state index in [-0.39, 0.29) is 6.61 Å². The first-order chi connectivity index (χ1) is 22.2. The molecular weight excluding hydrogens is 665 g/mol. The van der Waals surface area contributed by atoms with Gasteiger partial charge in [0.05, 0.1) is 13.2 Å². The molecule has 0 fully saturated rings. The van der Waals surface area contributed by atoms with Gasteiger partial charge in [-0.25, -0.2) is 9.59 Å². The van der Waals surface area contributed by atoms with Crippen molar-refractivity contribution in [1.29, 1.82) is 0 Å². The smallest absolute Gasteiger partial charge is 0.332 e. The summed E-state index contributed by atoms with van der Waals surface area (Å²) in [5.41, 5.74) is 1.95. The van der Waals surface area contributed by atoms with Crippen LogP contribution in [0.3, 0.4) is 0 Å². The van der Waals surface area contributed by atoms with E-state index in [1.807, 2.05) is 60.3 Å². The summed E-state index contributed by atoms with van der Waals surface area (Å²) >= 11 is 7.20. The molecule has 0 aromatic heterocycles. The molecule has 8 nitrogen and oxygen atoms in total. The Morgan fingerprint density at radius 2 is 1.33 bits per heavy atom. The lowest BCUT2D eigenvalue weighted by Gasteiger charge is -2.29. The SMILES string of the molecule is C=CC(=O)OC(C)C(OCCSCCSC)Oc1ccc(-c2ccc(OCC(C)(OCCSCCSC)OC(=O)C=C)cc2)cc1. The Morgan fingerprint density at radius 1 is 0.783 bits per heavy atom. The summed E-state index contributed by atoms with van der Waals surface area (Å²) in [6.45, 7) is 11.3. The number of carbonyl (C=O) groups is 2. The van der Waals surface area contributed by atoms with Crippen molar-refractivity contribution >= 4 is 59.0 Å². The molecule has 0 aliphatic rings. The molecule has 0 bridgehead atoms. The maximum absolute atomic E-state index is 12.0. The van der Waals surface area contributed by atoms with Gasteiger partial charge in [-0.3, -0.25) is 0 Å². The Hall–Kier alpha value is -2.22. The molecule has 2 rings (SSSR count). The van der Waals surface area contributed by atoms with Crippen LogP contribution in [0.5, 0.6) is 11.5 Å². The van der Waals surface area contributed by atoms with Crippen molar-refractivity contribution in [2.24, 2.45) is 0 Å². The van der Waals surface area contributed by atoms with Gasteiger partial charge in [0.1, 0.15) is 11.5 Å². The molecule has 0 aliphatic carbocycles. The summed E-state index contributed by atoms with van der Waals surface area (Å²) in [6, 6.07) is 15.2. The lowest BCUT2D eigenvalue weighted by atomic mass is 10.1. The lowest BCUT2D eigenvalue weighted by molar-refractivity contribution is -0.228. The van der Waals surface area contributed by atoms with Gasteiger partial charge < -0.3 is 28.4 Å². The molecule has 46 heavy (non-hydrogen) atoms. The van der Waals surface area contributed by atoms with Gasteiger partial charge >= 0.3 is 11.9 Å². The molecule has 12 heteroatoms. The van der Waals surface area contributed by atoms with Crippen molar-refractivity contribution in [2.75, 3.05) is 66.8 Å². The van der Waals surface area contributed by atoms with E-state index in [1.165, 1.54) is 0 Å². The second kappa shape index (κ2) is 23.2.